The number of ether oxygens (including phenoxy) is 1. The SMILES string of the molecule is O=C1COc2ccc(cc2)C[C@@H](C(=O)NCCS(=O)(=O)O)NC(=O)[C@H](Cc2ccccc2)NC(=O)[C@H](Cc2ccc(-c3ccccc3)cc2)NC(=O)[C@H](Cc2cccs2)N1. The molecule has 7 rings (SSSR count). The Balaban J connectivity index is 1.34. The van der Waals surface area contributed by atoms with Crippen molar-refractivity contribution in [3.63, 3.8) is 0 Å². The number of hydrogen-bond acceptors (Lipinski definition) is 9. The third-order valence-corrected chi connectivity index (χ3v) is 11.3. The number of fused-ring (bicyclic) bond motifs is 16. The lowest BCUT2D eigenvalue weighted by Crippen LogP contribution is -2.59. The second kappa shape index (κ2) is 20.6. The zero-order valence-corrected chi connectivity index (χ0v) is 34.0. The van der Waals surface area contributed by atoms with Crippen LogP contribution in [0.4, 0.5) is 0 Å². The summed E-state index contributed by atoms with van der Waals surface area (Å²) in [5, 5.41) is 15.5. The molecule has 0 fully saturated rings. The van der Waals surface area contributed by atoms with E-state index in [1.165, 1.54) is 11.3 Å². The average molecular weight is 852 g/mol. The van der Waals surface area contributed by atoms with E-state index in [9.17, 15) is 36.9 Å². The van der Waals surface area contributed by atoms with E-state index in [1.807, 2.05) is 72.1 Å². The lowest BCUT2D eigenvalue weighted by Gasteiger charge is -2.27. The normalized spacial score (nSPS) is 19.3. The van der Waals surface area contributed by atoms with Crippen LogP contribution in [0.25, 0.3) is 11.1 Å². The second-order valence-corrected chi connectivity index (χ2v) is 16.9. The first-order chi connectivity index (χ1) is 28.9. The van der Waals surface area contributed by atoms with E-state index < -0.39 is 82.7 Å². The number of carbonyl (C=O) groups is 5. The second-order valence-electron chi connectivity index (χ2n) is 14.3. The summed E-state index contributed by atoms with van der Waals surface area (Å²) in [5.41, 5.74) is 3.91. The van der Waals surface area contributed by atoms with Gasteiger partial charge in [-0.25, -0.2) is 0 Å². The Morgan fingerprint density at radius 3 is 1.83 bits per heavy atom. The molecule has 5 amide bonds. The summed E-state index contributed by atoms with van der Waals surface area (Å²) in [4.78, 5) is 70.6. The molecule has 0 radical (unpaired) electrons. The number of hydrogen-bond donors (Lipinski definition) is 6. The molecule has 60 heavy (non-hydrogen) atoms. The fourth-order valence-electron chi connectivity index (χ4n) is 6.60. The third-order valence-electron chi connectivity index (χ3n) is 9.71. The average Bonchev–Trinajstić information content (AvgIpc) is 3.76. The molecule has 14 nitrogen and oxygen atoms in total. The number of thiophene rings is 1. The predicted octanol–water partition coefficient (Wildman–Crippen LogP) is 3.02. The molecule has 1 aromatic heterocycles. The van der Waals surface area contributed by atoms with Gasteiger partial charge >= 0.3 is 0 Å². The summed E-state index contributed by atoms with van der Waals surface area (Å²) in [6, 6.07) is 31.4. The van der Waals surface area contributed by atoms with E-state index in [4.69, 9.17) is 4.74 Å². The van der Waals surface area contributed by atoms with Crippen LogP contribution >= 0.6 is 11.3 Å². The van der Waals surface area contributed by atoms with Crippen molar-refractivity contribution in [3.05, 3.63) is 148 Å². The van der Waals surface area contributed by atoms with E-state index >= 15 is 0 Å². The van der Waals surface area contributed by atoms with Crippen molar-refractivity contribution in [2.75, 3.05) is 18.9 Å². The quantitative estimate of drug-likeness (QED) is 0.0852. The summed E-state index contributed by atoms with van der Waals surface area (Å²) < 4.78 is 37.7. The zero-order valence-electron chi connectivity index (χ0n) is 32.4. The van der Waals surface area contributed by atoms with E-state index in [0.717, 1.165) is 16.0 Å². The van der Waals surface area contributed by atoms with Crippen molar-refractivity contribution in [3.8, 4) is 16.9 Å². The van der Waals surface area contributed by atoms with Crippen LogP contribution in [0.5, 0.6) is 5.75 Å². The van der Waals surface area contributed by atoms with E-state index in [1.54, 1.807) is 54.6 Å². The number of rotatable bonds is 11. The lowest BCUT2D eigenvalue weighted by molar-refractivity contribution is -0.134. The van der Waals surface area contributed by atoms with Crippen LogP contribution in [0.2, 0.25) is 0 Å². The topological polar surface area (TPSA) is 209 Å². The minimum atomic E-state index is -4.39. The summed E-state index contributed by atoms with van der Waals surface area (Å²) in [6.07, 6.45) is 0.0992. The van der Waals surface area contributed by atoms with Gasteiger partial charge in [-0.05, 0) is 51.4 Å². The smallest absolute Gasteiger partial charge is 0.266 e. The molecule has 0 saturated heterocycles. The van der Waals surface area contributed by atoms with E-state index in [0.29, 0.717) is 22.4 Å². The molecular weight excluding hydrogens is 807 g/mol. The minimum absolute atomic E-state index is 0.00500. The molecule has 6 N–H and O–H groups in total. The molecule has 312 valence electrons. The Kier molecular flexibility index (Phi) is 14.8. The van der Waals surface area contributed by atoms with Crippen LogP contribution in [0.1, 0.15) is 21.6 Å². The van der Waals surface area contributed by atoms with Crippen LogP contribution in [-0.4, -0.2) is 85.6 Å². The molecule has 5 aromatic rings. The Hall–Kier alpha value is -6.36. The van der Waals surface area contributed by atoms with Crippen LogP contribution in [0, 0.1) is 0 Å². The van der Waals surface area contributed by atoms with Gasteiger partial charge in [-0.3, -0.25) is 28.5 Å². The zero-order chi connectivity index (χ0) is 42.5. The first-order valence-corrected chi connectivity index (χ1v) is 21.7. The van der Waals surface area contributed by atoms with Gasteiger partial charge in [0.05, 0.1) is 5.75 Å². The fourth-order valence-corrected chi connectivity index (χ4v) is 7.71. The van der Waals surface area contributed by atoms with Gasteiger partial charge in [0, 0.05) is 37.1 Å². The fraction of sp³-hybridized carbons (Fsp3) is 0.250. The molecule has 2 aliphatic heterocycles. The van der Waals surface area contributed by atoms with E-state index in [-0.39, 0.29) is 25.7 Å². The van der Waals surface area contributed by atoms with Gasteiger partial charge in [0.15, 0.2) is 6.61 Å². The molecule has 16 heteroatoms. The maximum atomic E-state index is 14.5. The highest BCUT2D eigenvalue weighted by molar-refractivity contribution is 7.85. The molecule has 2 bridgehead atoms. The number of nitrogens with one attached hydrogen (secondary N) is 5. The summed E-state index contributed by atoms with van der Waals surface area (Å²) in [5.74, 6) is -3.79. The maximum absolute atomic E-state index is 14.5. The first kappa shape index (κ1) is 43.2. The monoisotopic (exact) mass is 851 g/mol. The maximum Gasteiger partial charge on any atom is 0.266 e. The van der Waals surface area contributed by atoms with Gasteiger partial charge in [0.25, 0.3) is 16.0 Å². The van der Waals surface area contributed by atoms with Crippen molar-refractivity contribution in [2.24, 2.45) is 0 Å². The van der Waals surface area contributed by atoms with Crippen molar-refractivity contribution >= 4 is 51.0 Å². The number of amides is 5. The van der Waals surface area contributed by atoms with Gasteiger partial charge in [-0.2, -0.15) is 8.42 Å². The van der Waals surface area contributed by atoms with Gasteiger partial charge < -0.3 is 31.3 Å². The molecule has 0 unspecified atom stereocenters. The summed E-state index contributed by atoms with van der Waals surface area (Å²) in [6.45, 7) is -0.856. The molecule has 4 aromatic carbocycles. The van der Waals surface area contributed by atoms with Crippen LogP contribution in [0.3, 0.4) is 0 Å². The third kappa shape index (κ3) is 13.1. The molecule has 0 spiro atoms. The minimum Gasteiger partial charge on any atom is -0.484 e. The Morgan fingerprint density at radius 2 is 1.23 bits per heavy atom. The van der Waals surface area contributed by atoms with Crippen molar-refractivity contribution in [1.29, 1.82) is 0 Å². The standard InChI is InChI=1S/C44H45N5O9S2/c50-40-28-58-34-19-15-31(16-20-34)25-36(41(51)45-21-23-60(55,56)57)47-42(52)37(24-29-8-3-1-4-9-29)48-43(53)38(49-44(54)39(46-40)27-35-12-7-22-59-35)26-30-13-17-33(18-14-30)32-10-5-2-6-11-32/h1-20,22,36-39H,21,23-28H2,(H,45,51)(H,46,50)(H,47,52)(H,48,53)(H,49,54)(H,55,56,57)/t36-,37-,38-,39-/m0/s1. The highest BCUT2D eigenvalue weighted by Gasteiger charge is 2.32. The van der Waals surface area contributed by atoms with Crippen molar-refractivity contribution < 1.29 is 41.7 Å². The summed E-state index contributed by atoms with van der Waals surface area (Å²) >= 11 is 1.41. The summed E-state index contributed by atoms with van der Waals surface area (Å²) in [7, 11) is -4.39. The lowest BCUT2D eigenvalue weighted by atomic mass is 9.99. The highest BCUT2D eigenvalue weighted by atomic mass is 32.2. The molecule has 0 saturated carbocycles. The highest BCUT2D eigenvalue weighted by Crippen LogP contribution is 2.21. The Bertz CT molecular complexity index is 2340. The van der Waals surface area contributed by atoms with E-state index in [2.05, 4.69) is 26.6 Å². The molecule has 0 aliphatic carbocycles. The van der Waals surface area contributed by atoms with Gasteiger partial charge in [-0.15, -0.1) is 11.3 Å². The molecular formula is C44H45N5O9S2. The van der Waals surface area contributed by atoms with Crippen molar-refractivity contribution in [2.45, 2.75) is 49.9 Å². The van der Waals surface area contributed by atoms with Crippen LogP contribution < -0.4 is 31.3 Å². The van der Waals surface area contributed by atoms with Crippen LogP contribution in [0.15, 0.2) is 127 Å². The molecule has 2 aliphatic rings. The van der Waals surface area contributed by atoms with Gasteiger partial charge in [0.1, 0.15) is 29.9 Å². The van der Waals surface area contributed by atoms with Crippen molar-refractivity contribution in [1.82, 2.24) is 26.6 Å². The Morgan fingerprint density at radius 1 is 0.667 bits per heavy atom. The molecule has 3 heterocycles. The molecule has 4 atom stereocenters. The largest absolute Gasteiger partial charge is 0.484 e. The van der Waals surface area contributed by atoms with Crippen LogP contribution in [-0.2, 0) is 59.8 Å². The first-order valence-electron chi connectivity index (χ1n) is 19.2. The Labute approximate surface area is 351 Å². The number of benzene rings is 4. The number of carbonyl (C=O) groups excluding carboxylic acids is 5. The van der Waals surface area contributed by atoms with Gasteiger partial charge in [0.2, 0.25) is 23.6 Å². The predicted molar refractivity (Wildman–Crippen MR) is 227 cm³/mol. The van der Waals surface area contributed by atoms with Gasteiger partial charge in [-0.1, -0.05) is 103 Å².